The van der Waals surface area contributed by atoms with Gasteiger partial charge in [-0.25, -0.2) is 0 Å². The van der Waals surface area contributed by atoms with Gasteiger partial charge in [-0.05, 0) is 57.0 Å². The molecular weight excluding hydrogens is 344 g/mol. The number of fused-ring (bicyclic) bond motifs is 2. The second-order valence-corrected chi connectivity index (χ2v) is 6.61. The number of benzene rings is 4. The van der Waals surface area contributed by atoms with Crippen LogP contribution in [0.1, 0.15) is 11.1 Å². The van der Waals surface area contributed by atoms with E-state index in [0.717, 1.165) is 32.7 Å². The molecule has 0 aliphatic rings. The van der Waals surface area contributed by atoms with Crippen molar-refractivity contribution in [1.29, 1.82) is 0 Å². The molecule has 0 radical (unpaired) electrons. The van der Waals surface area contributed by atoms with E-state index in [1.165, 1.54) is 12.2 Å². The first kappa shape index (κ1) is 17.6. The molecule has 4 aromatic carbocycles. The average molecular weight is 362 g/mol. The Morgan fingerprint density at radius 3 is 1.32 bits per heavy atom. The standard InChI is InChI=1S/C26H18O2/c27-25(15-11-19-9-13-21-5-1-3-7-23(21)17-19)26(28)16-12-20-10-14-22-6-2-4-8-24(22)18-20/h1-18H/b15-11+,16-12+. The fourth-order valence-electron chi connectivity index (χ4n) is 3.13. The van der Waals surface area contributed by atoms with Gasteiger partial charge in [0.05, 0.1) is 0 Å². The highest BCUT2D eigenvalue weighted by atomic mass is 16.2. The Morgan fingerprint density at radius 2 is 0.893 bits per heavy atom. The molecule has 2 heteroatoms. The van der Waals surface area contributed by atoms with Crippen molar-refractivity contribution >= 4 is 45.3 Å². The second-order valence-electron chi connectivity index (χ2n) is 6.61. The van der Waals surface area contributed by atoms with E-state index in [2.05, 4.69) is 0 Å². The van der Waals surface area contributed by atoms with Gasteiger partial charge >= 0.3 is 0 Å². The van der Waals surface area contributed by atoms with Crippen molar-refractivity contribution in [3.05, 3.63) is 108 Å². The number of carbonyl (C=O) groups excluding carboxylic acids is 2. The van der Waals surface area contributed by atoms with Crippen LogP contribution < -0.4 is 0 Å². The van der Waals surface area contributed by atoms with Crippen LogP contribution in [0.15, 0.2) is 97.1 Å². The molecule has 134 valence electrons. The second kappa shape index (κ2) is 7.85. The topological polar surface area (TPSA) is 34.1 Å². The molecule has 2 nitrogen and oxygen atoms in total. The van der Waals surface area contributed by atoms with E-state index in [9.17, 15) is 9.59 Å². The highest BCUT2D eigenvalue weighted by Gasteiger charge is 2.06. The summed E-state index contributed by atoms with van der Waals surface area (Å²) in [5.74, 6) is -1.07. The first-order valence-corrected chi connectivity index (χ1v) is 9.11. The quantitative estimate of drug-likeness (QED) is 0.329. The molecule has 0 atom stereocenters. The first-order chi connectivity index (χ1) is 13.7. The van der Waals surface area contributed by atoms with Gasteiger partial charge < -0.3 is 0 Å². The molecule has 0 bridgehead atoms. The van der Waals surface area contributed by atoms with Gasteiger partial charge in [-0.3, -0.25) is 9.59 Å². The predicted molar refractivity (Wildman–Crippen MR) is 116 cm³/mol. The number of allylic oxidation sites excluding steroid dienone is 2. The van der Waals surface area contributed by atoms with Crippen molar-refractivity contribution in [2.24, 2.45) is 0 Å². The first-order valence-electron chi connectivity index (χ1n) is 9.11. The Labute approximate surface area is 163 Å². The van der Waals surface area contributed by atoms with Gasteiger partial charge in [-0.2, -0.15) is 0 Å². The Hall–Kier alpha value is -3.78. The van der Waals surface area contributed by atoms with Gasteiger partial charge in [0.2, 0.25) is 11.6 Å². The van der Waals surface area contributed by atoms with Crippen molar-refractivity contribution in [3.8, 4) is 0 Å². The summed E-state index contributed by atoms with van der Waals surface area (Å²) in [6.07, 6.45) is 6.02. The lowest BCUT2D eigenvalue weighted by atomic mass is 10.1. The van der Waals surface area contributed by atoms with Gasteiger partial charge in [0, 0.05) is 0 Å². The van der Waals surface area contributed by atoms with Gasteiger partial charge in [0.15, 0.2) is 0 Å². The van der Waals surface area contributed by atoms with Gasteiger partial charge in [-0.15, -0.1) is 0 Å². The molecule has 4 aromatic rings. The van der Waals surface area contributed by atoms with E-state index in [1.54, 1.807) is 12.2 Å². The zero-order chi connectivity index (χ0) is 19.3. The minimum absolute atomic E-state index is 0.537. The molecule has 0 amide bonds. The highest BCUT2D eigenvalue weighted by Crippen LogP contribution is 2.17. The van der Waals surface area contributed by atoms with Crippen LogP contribution in [0.2, 0.25) is 0 Å². The highest BCUT2D eigenvalue weighted by molar-refractivity contribution is 6.46. The predicted octanol–water partition coefficient (Wildman–Crippen LogP) is 5.86. The minimum Gasteiger partial charge on any atom is -0.286 e. The molecular formula is C26H18O2. The van der Waals surface area contributed by atoms with Gasteiger partial charge in [0.25, 0.3) is 0 Å². The van der Waals surface area contributed by atoms with Crippen molar-refractivity contribution in [2.45, 2.75) is 0 Å². The summed E-state index contributed by atoms with van der Waals surface area (Å²) in [5.41, 5.74) is 1.77. The fraction of sp³-hybridized carbons (Fsp3) is 0. The molecule has 0 unspecified atom stereocenters. The summed E-state index contributed by atoms with van der Waals surface area (Å²) < 4.78 is 0. The number of carbonyl (C=O) groups is 2. The largest absolute Gasteiger partial charge is 0.286 e. The molecule has 4 rings (SSSR count). The average Bonchev–Trinajstić information content (AvgIpc) is 2.75. The van der Waals surface area contributed by atoms with Crippen LogP contribution in [-0.2, 0) is 9.59 Å². The van der Waals surface area contributed by atoms with Crippen molar-refractivity contribution in [1.82, 2.24) is 0 Å². The zero-order valence-electron chi connectivity index (χ0n) is 15.2. The molecule has 0 saturated carbocycles. The number of rotatable bonds is 5. The Bertz CT molecular complexity index is 1150. The van der Waals surface area contributed by atoms with Crippen LogP contribution in [0.25, 0.3) is 33.7 Å². The third-order valence-electron chi connectivity index (χ3n) is 4.64. The van der Waals surface area contributed by atoms with E-state index in [4.69, 9.17) is 0 Å². The van der Waals surface area contributed by atoms with Crippen molar-refractivity contribution < 1.29 is 9.59 Å². The summed E-state index contributed by atoms with van der Waals surface area (Å²) in [6.45, 7) is 0. The van der Waals surface area contributed by atoms with Crippen LogP contribution in [0, 0.1) is 0 Å². The molecule has 28 heavy (non-hydrogen) atoms. The summed E-state index contributed by atoms with van der Waals surface area (Å²) in [5, 5.41) is 4.47. The smallest absolute Gasteiger partial charge is 0.225 e. The third-order valence-corrected chi connectivity index (χ3v) is 4.64. The lowest BCUT2D eigenvalue weighted by Gasteiger charge is -1.99. The fourth-order valence-corrected chi connectivity index (χ4v) is 3.13. The summed E-state index contributed by atoms with van der Waals surface area (Å²) >= 11 is 0. The zero-order valence-corrected chi connectivity index (χ0v) is 15.2. The Morgan fingerprint density at radius 1 is 0.500 bits per heavy atom. The maximum atomic E-state index is 12.1. The van der Waals surface area contributed by atoms with Crippen LogP contribution in [-0.4, -0.2) is 11.6 Å². The third kappa shape index (κ3) is 3.97. The number of hydrogen-bond acceptors (Lipinski definition) is 2. The van der Waals surface area contributed by atoms with Gasteiger partial charge in [-0.1, -0.05) is 84.9 Å². The van der Waals surface area contributed by atoms with E-state index in [-0.39, 0.29) is 0 Å². The number of ketones is 2. The van der Waals surface area contributed by atoms with Crippen LogP contribution >= 0.6 is 0 Å². The van der Waals surface area contributed by atoms with Crippen LogP contribution in [0.5, 0.6) is 0 Å². The molecule has 0 heterocycles. The molecule has 0 saturated heterocycles. The van der Waals surface area contributed by atoms with Crippen molar-refractivity contribution in [3.63, 3.8) is 0 Å². The normalized spacial score (nSPS) is 11.6. The SMILES string of the molecule is O=C(/C=C/c1ccc2ccccc2c1)C(=O)/C=C/c1ccc2ccccc2c1. The summed E-state index contributed by atoms with van der Waals surface area (Å²) in [6, 6.07) is 27.9. The molecule has 0 fully saturated rings. The van der Waals surface area contributed by atoms with E-state index in [0.29, 0.717) is 0 Å². The molecule has 0 aliphatic carbocycles. The Balaban J connectivity index is 1.46. The van der Waals surface area contributed by atoms with E-state index in [1.807, 2.05) is 84.9 Å². The minimum atomic E-state index is -0.537. The van der Waals surface area contributed by atoms with Crippen LogP contribution in [0.4, 0.5) is 0 Å². The lowest BCUT2D eigenvalue weighted by Crippen LogP contribution is -2.06. The summed E-state index contributed by atoms with van der Waals surface area (Å²) in [4.78, 5) is 24.3. The molecule has 0 aromatic heterocycles. The van der Waals surface area contributed by atoms with Crippen molar-refractivity contribution in [2.75, 3.05) is 0 Å². The molecule has 0 N–H and O–H groups in total. The maximum Gasteiger partial charge on any atom is 0.225 e. The Kier molecular flexibility index (Phi) is 4.94. The van der Waals surface area contributed by atoms with Crippen LogP contribution in [0.3, 0.4) is 0 Å². The maximum absolute atomic E-state index is 12.1. The lowest BCUT2D eigenvalue weighted by molar-refractivity contribution is -0.130. The summed E-state index contributed by atoms with van der Waals surface area (Å²) in [7, 11) is 0. The van der Waals surface area contributed by atoms with E-state index < -0.39 is 11.6 Å². The van der Waals surface area contributed by atoms with Gasteiger partial charge in [0.1, 0.15) is 0 Å². The molecule has 0 spiro atoms. The monoisotopic (exact) mass is 362 g/mol. The molecule has 0 aliphatic heterocycles. The van der Waals surface area contributed by atoms with E-state index >= 15 is 0 Å². The number of hydrogen-bond donors (Lipinski definition) is 0.